The molecule has 2 rings (SSSR count). The molecule has 0 aromatic heterocycles. The largest absolute Gasteiger partial charge is 0.330 e. The zero-order chi connectivity index (χ0) is 14.0. The van der Waals surface area contributed by atoms with Crippen molar-refractivity contribution in [3.8, 4) is 0 Å². The quantitative estimate of drug-likeness (QED) is 0.872. The summed E-state index contributed by atoms with van der Waals surface area (Å²) >= 11 is 0. The Bertz CT molecular complexity index is 472. The average molecular weight is 261 g/mol. The van der Waals surface area contributed by atoms with Crippen molar-refractivity contribution in [2.75, 3.05) is 13.1 Å². The molecule has 1 aromatic carbocycles. The monoisotopic (exact) mass is 261 g/mol. The van der Waals surface area contributed by atoms with Gasteiger partial charge in [-0.15, -0.1) is 0 Å². The van der Waals surface area contributed by atoms with Gasteiger partial charge in [-0.2, -0.15) is 0 Å². The van der Waals surface area contributed by atoms with Gasteiger partial charge >= 0.3 is 6.03 Å². The Balaban J connectivity index is 2.11. The van der Waals surface area contributed by atoms with Crippen molar-refractivity contribution in [3.05, 3.63) is 34.9 Å². The highest BCUT2D eigenvalue weighted by Crippen LogP contribution is 2.24. The molecule has 0 aliphatic carbocycles. The predicted octanol–water partition coefficient (Wildman–Crippen LogP) is 2.11. The predicted molar refractivity (Wildman–Crippen MR) is 77.0 cm³/mol. The highest BCUT2D eigenvalue weighted by Gasteiger charge is 2.32. The minimum Gasteiger partial charge on any atom is -0.330 e. The molecule has 19 heavy (non-hydrogen) atoms. The SMILES string of the molecule is Cc1ccc(C2CN(C(C)CCN)C(=O)N2)cc1C. The van der Waals surface area contributed by atoms with Gasteiger partial charge in [-0.3, -0.25) is 0 Å². The van der Waals surface area contributed by atoms with E-state index < -0.39 is 0 Å². The second-order valence-corrected chi connectivity index (χ2v) is 5.42. The van der Waals surface area contributed by atoms with Crippen LogP contribution in [0.15, 0.2) is 18.2 Å². The van der Waals surface area contributed by atoms with Crippen molar-refractivity contribution in [3.63, 3.8) is 0 Å². The average Bonchev–Trinajstić information content (AvgIpc) is 2.75. The van der Waals surface area contributed by atoms with E-state index in [-0.39, 0.29) is 18.1 Å². The molecule has 1 aromatic rings. The molecule has 4 heteroatoms. The summed E-state index contributed by atoms with van der Waals surface area (Å²) in [5, 5.41) is 3.05. The summed E-state index contributed by atoms with van der Waals surface area (Å²) in [6.45, 7) is 7.59. The number of nitrogens with two attached hydrogens (primary N) is 1. The Morgan fingerprint density at radius 3 is 2.79 bits per heavy atom. The first-order valence-electron chi connectivity index (χ1n) is 6.87. The van der Waals surface area contributed by atoms with Gasteiger partial charge in [0.1, 0.15) is 0 Å². The third-order valence-corrected chi connectivity index (χ3v) is 3.99. The maximum Gasteiger partial charge on any atom is 0.318 e. The number of aryl methyl sites for hydroxylation is 2. The highest BCUT2D eigenvalue weighted by atomic mass is 16.2. The number of carbonyl (C=O) groups is 1. The standard InChI is InChI=1S/C15H23N3O/c1-10-4-5-13(8-11(10)2)14-9-18(15(19)17-14)12(3)6-7-16/h4-5,8,12,14H,6-7,9,16H2,1-3H3,(H,17,19). The minimum atomic E-state index is 0.0178. The van der Waals surface area contributed by atoms with E-state index in [4.69, 9.17) is 5.73 Å². The number of urea groups is 1. The van der Waals surface area contributed by atoms with Gasteiger partial charge < -0.3 is 16.0 Å². The van der Waals surface area contributed by atoms with Crippen molar-refractivity contribution in [1.29, 1.82) is 0 Å². The van der Waals surface area contributed by atoms with E-state index in [0.29, 0.717) is 6.54 Å². The van der Waals surface area contributed by atoms with Crippen LogP contribution in [-0.2, 0) is 0 Å². The zero-order valence-electron chi connectivity index (χ0n) is 11.9. The lowest BCUT2D eigenvalue weighted by molar-refractivity contribution is 0.199. The number of amides is 2. The van der Waals surface area contributed by atoms with Crippen molar-refractivity contribution in [2.45, 2.75) is 39.3 Å². The number of nitrogens with zero attached hydrogens (tertiary/aromatic N) is 1. The van der Waals surface area contributed by atoms with Crippen LogP contribution in [0.5, 0.6) is 0 Å². The zero-order valence-corrected chi connectivity index (χ0v) is 11.9. The molecule has 1 aliphatic rings. The summed E-state index contributed by atoms with van der Waals surface area (Å²) in [7, 11) is 0. The van der Waals surface area contributed by atoms with Crippen molar-refractivity contribution in [2.24, 2.45) is 5.73 Å². The summed E-state index contributed by atoms with van der Waals surface area (Å²) in [6.07, 6.45) is 0.840. The van der Waals surface area contributed by atoms with E-state index in [1.807, 2.05) is 4.90 Å². The summed E-state index contributed by atoms with van der Waals surface area (Å²) in [5.41, 5.74) is 9.29. The van der Waals surface area contributed by atoms with Crippen LogP contribution in [0.2, 0.25) is 0 Å². The lowest BCUT2D eigenvalue weighted by Gasteiger charge is -2.22. The topological polar surface area (TPSA) is 58.4 Å². The van der Waals surface area contributed by atoms with Gasteiger partial charge in [0, 0.05) is 12.6 Å². The molecule has 1 aliphatic heterocycles. The maximum absolute atomic E-state index is 12.0. The van der Waals surface area contributed by atoms with Gasteiger partial charge in [0.2, 0.25) is 0 Å². The second kappa shape index (κ2) is 5.61. The Kier molecular flexibility index (Phi) is 4.10. The van der Waals surface area contributed by atoms with Crippen molar-refractivity contribution in [1.82, 2.24) is 10.2 Å². The normalized spacial score (nSPS) is 20.5. The van der Waals surface area contributed by atoms with Crippen LogP contribution in [0.1, 0.15) is 36.1 Å². The van der Waals surface area contributed by atoms with Gasteiger partial charge in [0.15, 0.2) is 0 Å². The van der Waals surface area contributed by atoms with Crippen molar-refractivity contribution >= 4 is 6.03 Å². The lowest BCUT2D eigenvalue weighted by atomic mass is 10.0. The first-order valence-corrected chi connectivity index (χ1v) is 6.87. The van der Waals surface area contributed by atoms with Crippen LogP contribution in [0.3, 0.4) is 0 Å². The molecule has 2 atom stereocenters. The van der Waals surface area contributed by atoms with Gasteiger partial charge in [-0.1, -0.05) is 18.2 Å². The summed E-state index contributed by atoms with van der Waals surface area (Å²) in [6, 6.07) is 6.68. The van der Waals surface area contributed by atoms with Gasteiger partial charge in [0.25, 0.3) is 0 Å². The Labute approximate surface area is 115 Å². The minimum absolute atomic E-state index is 0.0178. The van der Waals surface area contributed by atoms with E-state index in [0.717, 1.165) is 13.0 Å². The number of rotatable bonds is 4. The summed E-state index contributed by atoms with van der Waals surface area (Å²) in [4.78, 5) is 13.9. The molecule has 0 bridgehead atoms. The molecular weight excluding hydrogens is 238 g/mol. The molecule has 2 unspecified atom stereocenters. The summed E-state index contributed by atoms with van der Waals surface area (Å²) < 4.78 is 0. The first kappa shape index (κ1) is 13.9. The smallest absolute Gasteiger partial charge is 0.318 e. The van der Waals surface area contributed by atoms with E-state index in [1.54, 1.807) is 0 Å². The fraction of sp³-hybridized carbons (Fsp3) is 0.533. The third-order valence-electron chi connectivity index (χ3n) is 3.99. The number of carbonyl (C=O) groups excluding carboxylic acids is 1. The number of benzene rings is 1. The first-order chi connectivity index (χ1) is 9.02. The lowest BCUT2D eigenvalue weighted by Crippen LogP contribution is -2.37. The fourth-order valence-electron chi connectivity index (χ4n) is 2.50. The Morgan fingerprint density at radius 1 is 1.42 bits per heavy atom. The number of nitrogens with one attached hydrogen (secondary N) is 1. The molecule has 0 spiro atoms. The van der Waals surface area contributed by atoms with E-state index >= 15 is 0 Å². The van der Waals surface area contributed by atoms with Crippen LogP contribution < -0.4 is 11.1 Å². The Hall–Kier alpha value is -1.55. The van der Waals surface area contributed by atoms with Crippen LogP contribution in [0.4, 0.5) is 4.79 Å². The van der Waals surface area contributed by atoms with E-state index in [2.05, 4.69) is 44.3 Å². The molecule has 0 saturated carbocycles. The van der Waals surface area contributed by atoms with Gasteiger partial charge in [-0.05, 0) is 50.4 Å². The third kappa shape index (κ3) is 2.89. The molecular formula is C15H23N3O. The van der Waals surface area contributed by atoms with E-state index in [1.165, 1.54) is 16.7 Å². The molecule has 1 fully saturated rings. The molecule has 0 radical (unpaired) electrons. The van der Waals surface area contributed by atoms with E-state index in [9.17, 15) is 4.79 Å². The van der Waals surface area contributed by atoms with Gasteiger partial charge in [-0.25, -0.2) is 4.79 Å². The van der Waals surface area contributed by atoms with Crippen LogP contribution >= 0.6 is 0 Å². The molecule has 4 nitrogen and oxygen atoms in total. The van der Waals surface area contributed by atoms with Crippen LogP contribution in [0, 0.1) is 13.8 Å². The summed E-state index contributed by atoms with van der Waals surface area (Å²) in [5.74, 6) is 0. The van der Waals surface area contributed by atoms with Crippen molar-refractivity contribution < 1.29 is 4.79 Å². The molecule has 1 heterocycles. The second-order valence-electron chi connectivity index (χ2n) is 5.42. The number of hydrogen-bond donors (Lipinski definition) is 2. The van der Waals surface area contributed by atoms with Crippen LogP contribution in [0.25, 0.3) is 0 Å². The highest BCUT2D eigenvalue weighted by molar-refractivity contribution is 5.77. The Morgan fingerprint density at radius 2 is 2.16 bits per heavy atom. The van der Waals surface area contributed by atoms with Gasteiger partial charge in [0.05, 0.1) is 6.04 Å². The molecule has 104 valence electrons. The molecule has 2 amide bonds. The van der Waals surface area contributed by atoms with Crippen LogP contribution in [-0.4, -0.2) is 30.1 Å². The molecule has 1 saturated heterocycles. The number of hydrogen-bond acceptors (Lipinski definition) is 2. The fourth-order valence-corrected chi connectivity index (χ4v) is 2.50. The molecule has 3 N–H and O–H groups in total. The maximum atomic E-state index is 12.0.